The van der Waals surface area contributed by atoms with Gasteiger partial charge in [0.15, 0.2) is 11.5 Å². The molecule has 0 spiro atoms. The van der Waals surface area contributed by atoms with Crippen LogP contribution in [-0.4, -0.2) is 24.8 Å². The molecule has 3 aliphatic rings. The molecule has 1 aliphatic carbocycles. The number of fused-ring (bicyclic) bond motifs is 2. The summed E-state index contributed by atoms with van der Waals surface area (Å²) in [5, 5.41) is 12.0. The van der Waals surface area contributed by atoms with Crippen molar-refractivity contribution in [2.75, 3.05) is 16.8 Å². The van der Waals surface area contributed by atoms with E-state index in [-0.39, 0.29) is 34.8 Å². The fourth-order valence-electron chi connectivity index (χ4n) is 4.88. The molecule has 2 aromatic rings. The zero-order valence-corrected chi connectivity index (χ0v) is 19.5. The monoisotopic (exact) mass is 467 g/mol. The van der Waals surface area contributed by atoms with Crippen LogP contribution in [0.2, 0.25) is 0 Å². The maximum atomic E-state index is 14.0. The quantitative estimate of drug-likeness (QED) is 0.609. The van der Waals surface area contributed by atoms with E-state index in [1.165, 1.54) is 6.07 Å². The van der Waals surface area contributed by atoms with Crippen molar-refractivity contribution in [3.05, 3.63) is 35.9 Å². The summed E-state index contributed by atoms with van der Waals surface area (Å²) in [6, 6.07) is 11.2. The van der Waals surface area contributed by atoms with Crippen LogP contribution < -0.4 is 19.7 Å². The molecular weight excluding hydrogens is 440 g/mol. The number of alkyl halides is 2. The predicted octanol–water partition coefficient (Wildman–Crippen LogP) is 5.71. The topological polar surface area (TPSA) is 74.6 Å². The van der Waals surface area contributed by atoms with Crippen LogP contribution in [0.3, 0.4) is 0 Å². The van der Waals surface area contributed by atoms with E-state index < -0.39 is 6.29 Å². The molecule has 0 aromatic heterocycles. The lowest BCUT2D eigenvalue weighted by atomic mass is 9.84. The van der Waals surface area contributed by atoms with Gasteiger partial charge in [0.2, 0.25) is 5.91 Å². The number of ether oxygens (including phenoxy) is 2. The van der Waals surface area contributed by atoms with E-state index in [2.05, 4.69) is 41.8 Å². The lowest BCUT2D eigenvalue weighted by molar-refractivity contribution is -0.286. The first-order valence-corrected chi connectivity index (χ1v) is 11.6. The number of benzene rings is 2. The van der Waals surface area contributed by atoms with Crippen molar-refractivity contribution >= 4 is 17.3 Å². The van der Waals surface area contributed by atoms with Crippen LogP contribution in [-0.2, 0) is 11.2 Å². The number of anilines is 2. The average Bonchev–Trinajstić information content (AvgIpc) is 3.47. The summed E-state index contributed by atoms with van der Waals surface area (Å²) in [7, 11) is 0. The van der Waals surface area contributed by atoms with E-state index in [0.717, 1.165) is 30.5 Å². The van der Waals surface area contributed by atoms with Gasteiger partial charge in [-0.25, -0.2) is 0 Å². The van der Waals surface area contributed by atoms with Crippen LogP contribution in [0.15, 0.2) is 30.3 Å². The lowest BCUT2D eigenvalue weighted by Crippen LogP contribution is -2.42. The molecule has 2 aromatic carbocycles. The molecule has 178 valence electrons. The van der Waals surface area contributed by atoms with Crippen molar-refractivity contribution in [1.29, 1.82) is 5.26 Å². The van der Waals surface area contributed by atoms with E-state index >= 15 is 0 Å². The van der Waals surface area contributed by atoms with Gasteiger partial charge in [-0.15, -0.1) is 8.78 Å². The van der Waals surface area contributed by atoms with Crippen LogP contribution in [0.25, 0.3) is 11.1 Å². The number of carbonyl (C=O) groups excluding carboxylic acids is 1. The zero-order chi connectivity index (χ0) is 24.3. The van der Waals surface area contributed by atoms with Crippen LogP contribution >= 0.6 is 0 Å². The number of rotatable bonds is 5. The second kappa shape index (κ2) is 7.86. The number of amides is 1. The fourth-order valence-corrected chi connectivity index (χ4v) is 4.88. The average molecular weight is 468 g/mol. The van der Waals surface area contributed by atoms with Gasteiger partial charge < -0.3 is 19.7 Å². The highest BCUT2D eigenvalue weighted by atomic mass is 19.3. The first-order valence-electron chi connectivity index (χ1n) is 11.6. The standard InChI is InChI=1S/C26H27F2N3O3/c1-25(2,3)21-14-17-13-16(7-9-19(17)31(21)12-4-11-29)22-18(30-24(32)15-5-6-15)8-10-20-23(22)34-26(27,28)33-20/h7-10,13,15,21H,4-6,12,14H2,1-3H3,(H,30,32). The number of hydrogen-bond acceptors (Lipinski definition) is 5. The Balaban J connectivity index is 1.58. The normalized spacial score (nSPS) is 20.1. The molecule has 0 bridgehead atoms. The minimum atomic E-state index is -3.77. The summed E-state index contributed by atoms with van der Waals surface area (Å²) in [5.74, 6) is -0.303. The molecule has 0 radical (unpaired) electrons. The molecule has 6 nitrogen and oxygen atoms in total. The second-order valence-corrected chi connectivity index (χ2v) is 10.3. The molecule has 2 aliphatic heterocycles. The van der Waals surface area contributed by atoms with E-state index in [0.29, 0.717) is 29.8 Å². The third-order valence-electron chi connectivity index (χ3n) is 6.71. The Hall–Kier alpha value is -3.34. The van der Waals surface area contributed by atoms with E-state index in [9.17, 15) is 13.6 Å². The molecule has 34 heavy (non-hydrogen) atoms. The van der Waals surface area contributed by atoms with Crippen LogP contribution in [0, 0.1) is 22.7 Å². The number of halogens is 2. The summed E-state index contributed by atoms with van der Waals surface area (Å²) in [6.45, 7) is 7.14. The first kappa shape index (κ1) is 22.5. The van der Waals surface area contributed by atoms with E-state index in [1.54, 1.807) is 6.07 Å². The minimum Gasteiger partial charge on any atom is -0.395 e. The van der Waals surface area contributed by atoms with Crippen LogP contribution in [0.5, 0.6) is 11.5 Å². The van der Waals surface area contributed by atoms with Crippen LogP contribution in [0.1, 0.15) is 45.6 Å². The third-order valence-corrected chi connectivity index (χ3v) is 6.71. The molecular formula is C26H27F2N3O3. The third kappa shape index (κ3) is 4.04. The maximum Gasteiger partial charge on any atom is 0.586 e. The second-order valence-electron chi connectivity index (χ2n) is 10.3. The Morgan fingerprint density at radius 3 is 2.68 bits per heavy atom. The van der Waals surface area contributed by atoms with Crippen molar-refractivity contribution in [2.24, 2.45) is 11.3 Å². The molecule has 8 heteroatoms. The van der Waals surface area contributed by atoms with Crippen molar-refractivity contribution in [2.45, 2.75) is 58.8 Å². The number of carbonyl (C=O) groups is 1. The Labute approximate surface area is 197 Å². The summed E-state index contributed by atoms with van der Waals surface area (Å²) in [5.41, 5.74) is 3.55. The van der Waals surface area contributed by atoms with Gasteiger partial charge in [0.05, 0.1) is 23.7 Å². The number of nitriles is 1. The number of nitrogens with one attached hydrogen (secondary N) is 1. The van der Waals surface area contributed by atoms with Gasteiger partial charge in [-0.05, 0) is 60.1 Å². The van der Waals surface area contributed by atoms with E-state index in [1.807, 2.05) is 18.2 Å². The van der Waals surface area contributed by atoms with Crippen molar-refractivity contribution in [1.82, 2.24) is 0 Å². The summed E-state index contributed by atoms with van der Waals surface area (Å²) in [6.07, 6.45) is -0.926. The summed E-state index contributed by atoms with van der Waals surface area (Å²) in [4.78, 5) is 14.8. The zero-order valence-electron chi connectivity index (χ0n) is 19.5. The van der Waals surface area contributed by atoms with Gasteiger partial charge in [-0.1, -0.05) is 26.8 Å². The number of hydrogen-bond donors (Lipinski definition) is 1. The van der Waals surface area contributed by atoms with Gasteiger partial charge in [-0.2, -0.15) is 5.26 Å². The maximum absolute atomic E-state index is 14.0. The fraction of sp³-hybridized carbons (Fsp3) is 0.462. The first-order chi connectivity index (χ1) is 16.1. The van der Waals surface area contributed by atoms with Gasteiger partial charge in [-0.3, -0.25) is 4.79 Å². The van der Waals surface area contributed by atoms with Crippen molar-refractivity contribution in [3.63, 3.8) is 0 Å². The summed E-state index contributed by atoms with van der Waals surface area (Å²) >= 11 is 0. The SMILES string of the molecule is CC(C)(C)C1Cc2cc(-c3c(NC(=O)C4CC4)ccc4c3OC(F)(F)O4)ccc2N1CCC#N. The Morgan fingerprint density at radius 1 is 1.24 bits per heavy atom. The van der Waals surface area contributed by atoms with Gasteiger partial charge in [0, 0.05) is 24.2 Å². The van der Waals surface area contributed by atoms with Crippen molar-refractivity contribution in [3.8, 4) is 28.7 Å². The molecule has 2 heterocycles. The highest BCUT2D eigenvalue weighted by Gasteiger charge is 2.46. The predicted molar refractivity (Wildman–Crippen MR) is 124 cm³/mol. The Kier molecular flexibility index (Phi) is 5.19. The van der Waals surface area contributed by atoms with E-state index in [4.69, 9.17) is 10.00 Å². The van der Waals surface area contributed by atoms with Crippen molar-refractivity contribution < 1.29 is 23.0 Å². The molecule has 1 atom stereocenters. The van der Waals surface area contributed by atoms with Gasteiger partial charge in [0.25, 0.3) is 0 Å². The highest BCUT2D eigenvalue weighted by Crippen LogP contribution is 2.52. The highest BCUT2D eigenvalue weighted by molar-refractivity contribution is 6.00. The smallest absolute Gasteiger partial charge is 0.395 e. The molecule has 1 unspecified atom stereocenters. The molecule has 1 fully saturated rings. The number of nitrogens with zero attached hydrogens (tertiary/aromatic N) is 2. The Bertz CT molecular complexity index is 1190. The lowest BCUT2D eigenvalue weighted by Gasteiger charge is -2.36. The molecule has 1 N–H and O–H groups in total. The molecule has 1 saturated carbocycles. The molecule has 5 rings (SSSR count). The van der Waals surface area contributed by atoms with Gasteiger partial charge in [0.1, 0.15) is 0 Å². The summed E-state index contributed by atoms with van der Waals surface area (Å²) < 4.78 is 37.5. The molecule has 0 saturated heterocycles. The Morgan fingerprint density at radius 2 is 2.00 bits per heavy atom. The largest absolute Gasteiger partial charge is 0.586 e. The van der Waals surface area contributed by atoms with Crippen LogP contribution in [0.4, 0.5) is 20.2 Å². The van der Waals surface area contributed by atoms with Gasteiger partial charge >= 0.3 is 6.29 Å². The minimum absolute atomic E-state index is 0.0228. The molecule has 1 amide bonds.